The molecule has 0 unspecified atom stereocenters. The zero-order valence-corrected chi connectivity index (χ0v) is 13.8. The van der Waals surface area contributed by atoms with E-state index < -0.39 is 11.9 Å². The molecular formula is C16H12O3Zn. The first-order chi connectivity index (χ1) is 9.25. The Morgan fingerprint density at radius 2 is 1.40 bits per heavy atom. The van der Waals surface area contributed by atoms with Crippen LogP contribution in [0.4, 0.5) is 0 Å². The second kappa shape index (κ2) is 8.18. The van der Waals surface area contributed by atoms with Gasteiger partial charge in [-0.25, -0.2) is 9.59 Å². The number of carbonyl (C=O) groups excluding carboxylic acids is 2. The van der Waals surface area contributed by atoms with Crippen molar-refractivity contribution in [3.63, 3.8) is 0 Å². The average molecular weight is 318 g/mol. The van der Waals surface area contributed by atoms with Crippen molar-refractivity contribution < 1.29 is 33.8 Å². The zero-order chi connectivity index (χ0) is 13.5. The van der Waals surface area contributed by atoms with E-state index in [4.69, 9.17) is 4.74 Å². The second-order valence-corrected chi connectivity index (χ2v) is 3.82. The maximum absolute atomic E-state index is 11.6. The van der Waals surface area contributed by atoms with Crippen molar-refractivity contribution in [3.8, 4) is 0 Å². The molecule has 0 aliphatic rings. The molecule has 0 aromatic heterocycles. The fraction of sp³-hybridized carbons (Fsp3) is 0. The minimum absolute atomic E-state index is 0. The molecule has 0 bridgehead atoms. The van der Waals surface area contributed by atoms with Gasteiger partial charge in [0.2, 0.25) is 0 Å². The summed E-state index contributed by atoms with van der Waals surface area (Å²) in [5.41, 5.74) is 1.22. The molecule has 0 saturated carbocycles. The van der Waals surface area contributed by atoms with Crippen LogP contribution in [0, 0.1) is 0 Å². The average Bonchev–Trinajstić information content (AvgIpc) is 2.47. The smallest absolute Gasteiger partial charge is 0.346 e. The van der Waals surface area contributed by atoms with E-state index in [9.17, 15) is 9.59 Å². The number of hydrogen-bond acceptors (Lipinski definition) is 3. The van der Waals surface area contributed by atoms with Crippen LogP contribution in [0.25, 0.3) is 6.08 Å². The molecule has 0 aliphatic heterocycles. The molecule has 0 spiro atoms. The molecule has 2 aromatic carbocycles. The maximum atomic E-state index is 11.6. The van der Waals surface area contributed by atoms with Gasteiger partial charge in [0.05, 0.1) is 5.56 Å². The summed E-state index contributed by atoms with van der Waals surface area (Å²) < 4.78 is 4.69. The van der Waals surface area contributed by atoms with Gasteiger partial charge < -0.3 is 4.74 Å². The van der Waals surface area contributed by atoms with Crippen LogP contribution in [0.5, 0.6) is 0 Å². The molecule has 0 fully saturated rings. The first-order valence-corrected chi connectivity index (χ1v) is 5.80. The Morgan fingerprint density at radius 3 is 2.00 bits per heavy atom. The summed E-state index contributed by atoms with van der Waals surface area (Å²) >= 11 is 0. The molecule has 0 radical (unpaired) electrons. The van der Waals surface area contributed by atoms with Gasteiger partial charge in [0, 0.05) is 25.6 Å². The molecule has 0 amide bonds. The summed E-state index contributed by atoms with van der Waals surface area (Å²) in [6.07, 6.45) is 2.83. The van der Waals surface area contributed by atoms with Gasteiger partial charge in [-0.2, -0.15) is 0 Å². The number of carbonyl (C=O) groups is 2. The molecular weight excluding hydrogens is 306 g/mol. The van der Waals surface area contributed by atoms with Crippen LogP contribution in [0.2, 0.25) is 0 Å². The van der Waals surface area contributed by atoms with Gasteiger partial charge in [0.25, 0.3) is 0 Å². The van der Waals surface area contributed by atoms with Crippen molar-refractivity contribution in [2.45, 2.75) is 0 Å². The Balaban J connectivity index is 0.00000200. The van der Waals surface area contributed by atoms with Crippen molar-refractivity contribution in [1.29, 1.82) is 0 Å². The number of ether oxygens (including phenoxy) is 1. The predicted octanol–water partition coefficient (Wildman–Crippen LogP) is 3.08. The van der Waals surface area contributed by atoms with E-state index in [0.29, 0.717) is 5.56 Å². The molecule has 20 heavy (non-hydrogen) atoms. The Labute approximate surface area is 130 Å². The molecule has 0 saturated heterocycles. The summed E-state index contributed by atoms with van der Waals surface area (Å²) in [6.45, 7) is 0. The third kappa shape index (κ3) is 4.90. The van der Waals surface area contributed by atoms with E-state index in [1.54, 1.807) is 36.4 Å². The third-order valence-corrected chi connectivity index (χ3v) is 2.41. The van der Waals surface area contributed by atoms with Gasteiger partial charge in [-0.1, -0.05) is 48.5 Å². The van der Waals surface area contributed by atoms with Crippen LogP contribution in [-0.4, -0.2) is 11.9 Å². The summed E-state index contributed by atoms with van der Waals surface area (Å²) in [7, 11) is 0. The van der Waals surface area contributed by atoms with Crippen LogP contribution in [-0.2, 0) is 29.0 Å². The predicted molar refractivity (Wildman–Crippen MR) is 72.3 cm³/mol. The maximum Gasteiger partial charge on any atom is 0.346 e. The van der Waals surface area contributed by atoms with Gasteiger partial charge >= 0.3 is 11.9 Å². The number of esters is 2. The topological polar surface area (TPSA) is 43.4 Å². The first-order valence-electron chi connectivity index (χ1n) is 5.80. The Morgan fingerprint density at radius 1 is 0.850 bits per heavy atom. The van der Waals surface area contributed by atoms with Crippen LogP contribution in [0.15, 0.2) is 66.7 Å². The van der Waals surface area contributed by atoms with Crippen LogP contribution in [0.1, 0.15) is 15.9 Å². The van der Waals surface area contributed by atoms with Crippen molar-refractivity contribution in [2.24, 2.45) is 0 Å². The van der Waals surface area contributed by atoms with Crippen molar-refractivity contribution in [1.82, 2.24) is 0 Å². The quantitative estimate of drug-likeness (QED) is 0.378. The van der Waals surface area contributed by atoms with Crippen molar-refractivity contribution in [3.05, 3.63) is 77.9 Å². The van der Waals surface area contributed by atoms with Crippen molar-refractivity contribution >= 4 is 18.0 Å². The van der Waals surface area contributed by atoms with Gasteiger partial charge in [-0.3, -0.25) is 0 Å². The number of rotatable bonds is 3. The molecule has 96 valence electrons. The molecule has 0 aliphatic carbocycles. The largest absolute Gasteiger partial charge is 0.386 e. The minimum Gasteiger partial charge on any atom is -0.386 e. The van der Waals surface area contributed by atoms with Gasteiger partial charge in [0.1, 0.15) is 0 Å². The number of benzene rings is 2. The molecule has 2 aromatic rings. The summed E-state index contributed by atoms with van der Waals surface area (Å²) in [5, 5.41) is 0. The SMILES string of the molecule is O=C(/C=C/c1ccccc1)OC(=O)c1ccccc1.[Zn]. The minimum atomic E-state index is -0.683. The summed E-state index contributed by atoms with van der Waals surface area (Å²) in [5.74, 6) is -1.33. The Hall–Kier alpha value is -2.06. The van der Waals surface area contributed by atoms with E-state index in [-0.39, 0.29) is 19.5 Å². The summed E-state index contributed by atoms with van der Waals surface area (Å²) in [6, 6.07) is 17.7. The monoisotopic (exact) mass is 316 g/mol. The first kappa shape index (κ1) is 16.0. The van der Waals surface area contributed by atoms with E-state index in [0.717, 1.165) is 5.56 Å². The third-order valence-electron chi connectivity index (χ3n) is 2.41. The van der Waals surface area contributed by atoms with Crippen LogP contribution >= 0.6 is 0 Å². The number of hydrogen-bond donors (Lipinski definition) is 0. The standard InChI is InChI=1S/C16H12O3.Zn/c17-15(12-11-13-7-3-1-4-8-13)19-16(18)14-9-5-2-6-10-14;/h1-12H;/b12-11+;. The fourth-order valence-electron chi connectivity index (χ4n) is 1.49. The van der Waals surface area contributed by atoms with E-state index in [1.807, 2.05) is 30.3 Å². The van der Waals surface area contributed by atoms with Gasteiger partial charge in [0.15, 0.2) is 0 Å². The molecule has 2 rings (SSSR count). The van der Waals surface area contributed by atoms with E-state index in [1.165, 1.54) is 6.08 Å². The van der Waals surface area contributed by atoms with E-state index >= 15 is 0 Å². The Kier molecular flexibility index (Phi) is 6.55. The molecule has 0 heterocycles. The van der Waals surface area contributed by atoms with Gasteiger partial charge in [-0.05, 0) is 23.8 Å². The molecule has 0 atom stereocenters. The van der Waals surface area contributed by atoms with E-state index in [2.05, 4.69) is 0 Å². The fourth-order valence-corrected chi connectivity index (χ4v) is 1.49. The molecule has 4 heteroatoms. The van der Waals surface area contributed by atoms with Crippen molar-refractivity contribution in [2.75, 3.05) is 0 Å². The summed E-state index contributed by atoms with van der Waals surface area (Å²) in [4.78, 5) is 23.1. The Bertz CT molecular complexity index is 592. The van der Waals surface area contributed by atoms with Gasteiger partial charge in [-0.15, -0.1) is 0 Å². The second-order valence-electron chi connectivity index (χ2n) is 3.82. The normalized spacial score (nSPS) is 9.80. The van der Waals surface area contributed by atoms with Crippen LogP contribution in [0.3, 0.4) is 0 Å². The molecule has 3 nitrogen and oxygen atoms in total. The zero-order valence-electron chi connectivity index (χ0n) is 10.9. The van der Waals surface area contributed by atoms with Crippen LogP contribution < -0.4 is 0 Å². The molecule has 0 N–H and O–H groups in total.